The first-order valence-corrected chi connectivity index (χ1v) is 3.83. The summed E-state index contributed by atoms with van der Waals surface area (Å²) in [5.41, 5.74) is 0. The van der Waals surface area contributed by atoms with Crippen molar-refractivity contribution in [2.45, 2.75) is 19.6 Å². The molecule has 12 heavy (non-hydrogen) atoms. The van der Waals surface area contributed by atoms with Crippen molar-refractivity contribution in [1.82, 2.24) is 0 Å². The molecule has 0 bridgehead atoms. The average molecular weight is 177 g/mol. The zero-order valence-corrected chi connectivity index (χ0v) is 7.65. The van der Waals surface area contributed by atoms with Gasteiger partial charge >= 0.3 is 0 Å². The van der Waals surface area contributed by atoms with Crippen molar-refractivity contribution in [3.8, 4) is 0 Å². The SMILES string of the molecule is CC[C@@H](C[N+](=O)[O-])C(OC)OC. The molecule has 72 valence electrons. The van der Waals surface area contributed by atoms with Crippen LogP contribution in [0.15, 0.2) is 0 Å². The predicted octanol–water partition coefficient (Wildman–Crippen LogP) is 0.908. The monoisotopic (exact) mass is 177 g/mol. The summed E-state index contributed by atoms with van der Waals surface area (Å²) in [7, 11) is 2.97. The van der Waals surface area contributed by atoms with Crippen LogP contribution in [0, 0.1) is 16.0 Å². The van der Waals surface area contributed by atoms with Crippen LogP contribution in [0.3, 0.4) is 0 Å². The summed E-state index contributed by atoms with van der Waals surface area (Å²) < 4.78 is 9.85. The van der Waals surface area contributed by atoms with Gasteiger partial charge in [-0.2, -0.15) is 0 Å². The van der Waals surface area contributed by atoms with Gasteiger partial charge in [0.05, 0.1) is 5.92 Å². The third-order valence-corrected chi connectivity index (χ3v) is 1.76. The number of methoxy groups -OCH3 is 2. The zero-order valence-electron chi connectivity index (χ0n) is 7.65. The Morgan fingerprint density at radius 1 is 1.42 bits per heavy atom. The van der Waals surface area contributed by atoms with Crippen molar-refractivity contribution < 1.29 is 14.4 Å². The van der Waals surface area contributed by atoms with E-state index >= 15 is 0 Å². The van der Waals surface area contributed by atoms with Crippen LogP contribution in [0.4, 0.5) is 0 Å². The van der Waals surface area contributed by atoms with Gasteiger partial charge in [-0.15, -0.1) is 0 Å². The molecule has 0 rings (SSSR count). The quantitative estimate of drug-likeness (QED) is 0.343. The molecule has 0 aliphatic carbocycles. The van der Waals surface area contributed by atoms with Crippen molar-refractivity contribution in [1.29, 1.82) is 0 Å². The molecule has 0 saturated carbocycles. The fourth-order valence-electron chi connectivity index (χ4n) is 1.08. The minimum Gasteiger partial charge on any atom is -0.355 e. The lowest BCUT2D eigenvalue weighted by Gasteiger charge is -2.19. The van der Waals surface area contributed by atoms with E-state index in [0.29, 0.717) is 6.42 Å². The molecule has 0 aromatic heterocycles. The van der Waals surface area contributed by atoms with Gasteiger partial charge in [0.2, 0.25) is 6.54 Å². The second-order valence-electron chi connectivity index (χ2n) is 2.52. The molecule has 0 aromatic carbocycles. The first kappa shape index (κ1) is 11.3. The van der Waals surface area contributed by atoms with E-state index in [1.54, 1.807) is 0 Å². The Kier molecular flexibility index (Phi) is 5.57. The molecule has 5 nitrogen and oxygen atoms in total. The molecule has 0 fully saturated rings. The van der Waals surface area contributed by atoms with Crippen LogP contribution in [-0.4, -0.2) is 32.0 Å². The number of rotatable bonds is 6. The average Bonchev–Trinajstić information content (AvgIpc) is 2.04. The molecule has 0 heterocycles. The Bertz CT molecular complexity index is 135. The van der Waals surface area contributed by atoms with E-state index in [0.717, 1.165) is 0 Å². The van der Waals surface area contributed by atoms with Crippen LogP contribution in [0.2, 0.25) is 0 Å². The van der Waals surface area contributed by atoms with E-state index in [2.05, 4.69) is 0 Å². The smallest absolute Gasteiger partial charge is 0.211 e. The highest BCUT2D eigenvalue weighted by Crippen LogP contribution is 2.12. The topological polar surface area (TPSA) is 61.6 Å². The van der Waals surface area contributed by atoms with E-state index in [9.17, 15) is 10.1 Å². The molecule has 0 amide bonds. The lowest BCUT2D eigenvalue weighted by atomic mass is 10.1. The molecular formula is C7H15NO4. The van der Waals surface area contributed by atoms with Crippen molar-refractivity contribution in [3.05, 3.63) is 10.1 Å². The highest BCUT2D eigenvalue weighted by Gasteiger charge is 2.23. The highest BCUT2D eigenvalue weighted by atomic mass is 16.7. The van der Waals surface area contributed by atoms with Crippen LogP contribution in [0.25, 0.3) is 0 Å². The Labute approximate surface area is 71.8 Å². The lowest BCUT2D eigenvalue weighted by Crippen LogP contribution is -2.30. The number of hydrogen-bond acceptors (Lipinski definition) is 4. The normalized spacial score (nSPS) is 13.3. The van der Waals surface area contributed by atoms with Crippen molar-refractivity contribution in [2.75, 3.05) is 20.8 Å². The van der Waals surface area contributed by atoms with Gasteiger partial charge in [0.15, 0.2) is 6.29 Å². The van der Waals surface area contributed by atoms with Crippen LogP contribution in [0.5, 0.6) is 0 Å². The summed E-state index contributed by atoms with van der Waals surface area (Å²) in [5, 5.41) is 10.2. The van der Waals surface area contributed by atoms with Crippen molar-refractivity contribution in [2.24, 2.45) is 5.92 Å². The number of hydrogen-bond donors (Lipinski definition) is 0. The van der Waals surface area contributed by atoms with Crippen molar-refractivity contribution >= 4 is 0 Å². The molecule has 0 N–H and O–H groups in total. The van der Waals surface area contributed by atoms with Gasteiger partial charge in [-0.25, -0.2) is 0 Å². The van der Waals surface area contributed by atoms with Crippen LogP contribution in [-0.2, 0) is 9.47 Å². The van der Waals surface area contributed by atoms with E-state index in [1.807, 2.05) is 6.92 Å². The summed E-state index contributed by atoms with van der Waals surface area (Å²) in [4.78, 5) is 9.85. The van der Waals surface area contributed by atoms with Gasteiger partial charge in [0.1, 0.15) is 0 Å². The third kappa shape index (κ3) is 3.64. The lowest BCUT2D eigenvalue weighted by molar-refractivity contribution is -0.493. The molecule has 0 saturated heterocycles. The van der Waals surface area contributed by atoms with Gasteiger partial charge in [-0.05, 0) is 6.42 Å². The summed E-state index contributed by atoms with van der Waals surface area (Å²) in [6, 6.07) is 0. The Hall–Kier alpha value is -0.680. The number of nitro groups is 1. The van der Waals surface area contributed by atoms with Crippen LogP contribution >= 0.6 is 0 Å². The fourth-order valence-corrected chi connectivity index (χ4v) is 1.08. The Morgan fingerprint density at radius 3 is 2.17 bits per heavy atom. The molecule has 0 spiro atoms. The third-order valence-electron chi connectivity index (χ3n) is 1.76. The summed E-state index contributed by atoms with van der Waals surface area (Å²) in [6.07, 6.45) is 0.202. The van der Waals surface area contributed by atoms with Gasteiger partial charge in [-0.3, -0.25) is 10.1 Å². The molecule has 0 aliphatic rings. The van der Waals surface area contributed by atoms with E-state index < -0.39 is 6.29 Å². The molecule has 0 aliphatic heterocycles. The predicted molar refractivity (Wildman–Crippen MR) is 43.4 cm³/mol. The largest absolute Gasteiger partial charge is 0.355 e. The van der Waals surface area contributed by atoms with Gasteiger partial charge in [-0.1, -0.05) is 6.92 Å². The van der Waals surface area contributed by atoms with Gasteiger partial charge in [0, 0.05) is 19.1 Å². The molecular weight excluding hydrogens is 162 g/mol. The molecule has 0 unspecified atom stereocenters. The fraction of sp³-hybridized carbons (Fsp3) is 1.00. The standard InChI is InChI=1S/C7H15NO4/c1-4-6(5-8(9)10)7(11-2)12-3/h6-7H,4-5H2,1-3H3/t6-/m0/s1. The minimum absolute atomic E-state index is 0.108. The zero-order chi connectivity index (χ0) is 9.56. The van der Waals surface area contributed by atoms with Crippen LogP contribution < -0.4 is 0 Å². The van der Waals surface area contributed by atoms with Gasteiger partial charge in [0.25, 0.3) is 0 Å². The molecule has 0 radical (unpaired) electrons. The van der Waals surface area contributed by atoms with Crippen LogP contribution in [0.1, 0.15) is 13.3 Å². The van der Waals surface area contributed by atoms with Crippen molar-refractivity contribution in [3.63, 3.8) is 0 Å². The Morgan fingerprint density at radius 2 is 1.92 bits per heavy atom. The summed E-state index contributed by atoms with van der Waals surface area (Å²) in [5.74, 6) is -0.171. The van der Waals surface area contributed by atoms with E-state index in [-0.39, 0.29) is 17.4 Å². The minimum atomic E-state index is -0.472. The maximum Gasteiger partial charge on any atom is 0.211 e. The highest BCUT2D eigenvalue weighted by molar-refractivity contribution is 4.58. The van der Waals surface area contributed by atoms with E-state index in [1.165, 1.54) is 14.2 Å². The molecule has 5 heteroatoms. The Balaban J connectivity index is 4.01. The maximum atomic E-state index is 10.2. The first-order chi connectivity index (χ1) is 5.65. The maximum absolute atomic E-state index is 10.2. The summed E-state index contributed by atoms with van der Waals surface area (Å²) >= 11 is 0. The number of nitrogens with zero attached hydrogens (tertiary/aromatic N) is 1. The molecule has 1 atom stereocenters. The molecule has 0 aromatic rings. The first-order valence-electron chi connectivity index (χ1n) is 3.83. The number of ether oxygens (including phenoxy) is 2. The second kappa shape index (κ2) is 5.91. The second-order valence-corrected chi connectivity index (χ2v) is 2.52. The van der Waals surface area contributed by atoms with Gasteiger partial charge < -0.3 is 9.47 Å². The summed E-state index contributed by atoms with van der Waals surface area (Å²) in [6.45, 7) is 1.77. The van der Waals surface area contributed by atoms with E-state index in [4.69, 9.17) is 9.47 Å².